The maximum absolute atomic E-state index is 11.0. The van der Waals surface area contributed by atoms with E-state index >= 15 is 0 Å². The molecule has 0 bridgehead atoms. The molecule has 1 atom stereocenters. The van der Waals surface area contributed by atoms with Gasteiger partial charge < -0.3 is 14.9 Å². The number of rotatable bonds is 2. The maximum atomic E-state index is 11.0. The van der Waals surface area contributed by atoms with Crippen molar-refractivity contribution in [3.63, 3.8) is 0 Å². The molecule has 0 fully saturated rings. The van der Waals surface area contributed by atoms with Crippen LogP contribution in [0.4, 0.5) is 0 Å². The Hall–Kier alpha value is -1.29. The summed E-state index contributed by atoms with van der Waals surface area (Å²) in [5.41, 5.74) is 6.54. The lowest BCUT2D eigenvalue weighted by atomic mass is 10.2. The Morgan fingerprint density at radius 2 is 2.23 bits per heavy atom. The van der Waals surface area contributed by atoms with Crippen LogP contribution in [0.25, 0.3) is 0 Å². The van der Waals surface area contributed by atoms with E-state index in [2.05, 4.69) is 4.74 Å². The van der Waals surface area contributed by atoms with E-state index in [0.29, 0.717) is 5.76 Å². The number of esters is 1. The van der Waals surface area contributed by atoms with E-state index in [-0.39, 0.29) is 0 Å². The summed E-state index contributed by atoms with van der Waals surface area (Å²) in [6.07, 6.45) is 0. The third kappa shape index (κ3) is 1.89. The largest absolute Gasteiger partial charge is 0.468 e. The predicted octanol–water partition coefficient (Wildman–Crippen LogP) is 1.07. The minimum atomic E-state index is -0.822. The highest BCUT2D eigenvalue weighted by Gasteiger charge is 2.20. The van der Waals surface area contributed by atoms with Crippen LogP contribution in [0.15, 0.2) is 10.5 Å². The molecule has 0 aliphatic rings. The third-order valence-corrected chi connectivity index (χ3v) is 1.95. The van der Waals surface area contributed by atoms with Gasteiger partial charge in [-0.3, -0.25) is 0 Å². The van der Waals surface area contributed by atoms with Gasteiger partial charge in [-0.1, -0.05) is 0 Å². The van der Waals surface area contributed by atoms with E-state index < -0.39 is 12.0 Å². The van der Waals surface area contributed by atoms with Crippen LogP contribution in [-0.4, -0.2) is 13.1 Å². The van der Waals surface area contributed by atoms with Crippen molar-refractivity contribution >= 4 is 5.97 Å². The summed E-state index contributed by atoms with van der Waals surface area (Å²) < 4.78 is 9.76. The van der Waals surface area contributed by atoms with Crippen LogP contribution in [0.3, 0.4) is 0 Å². The monoisotopic (exact) mass is 183 g/mol. The Morgan fingerprint density at radius 3 is 2.62 bits per heavy atom. The molecule has 1 aromatic rings. The maximum Gasteiger partial charge on any atom is 0.330 e. The molecule has 0 saturated heterocycles. The van der Waals surface area contributed by atoms with Crippen LogP contribution in [0.2, 0.25) is 0 Å². The van der Waals surface area contributed by atoms with Gasteiger partial charge >= 0.3 is 5.97 Å². The quantitative estimate of drug-likeness (QED) is 0.696. The zero-order chi connectivity index (χ0) is 10.0. The van der Waals surface area contributed by atoms with Crippen molar-refractivity contribution in [2.75, 3.05) is 7.11 Å². The molecule has 1 aromatic heterocycles. The van der Waals surface area contributed by atoms with E-state index in [4.69, 9.17) is 10.2 Å². The van der Waals surface area contributed by atoms with Gasteiger partial charge in [-0.05, 0) is 25.5 Å². The van der Waals surface area contributed by atoms with Crippen LogP contribution >= 0.6 is 0 Å². The minimum absolute atomic E-state index is 0.446. The fourth-order valence-corrected chi connectivity index (χ4v) is 0.998. The molecule has 0 aliphatic heterocycles. The van der Waals surface area contributed by atoms with Gasteiger partial charge in [0, 0.05) is 0 Å². The number of furan rings is 1. The number of ether oxygens (including phenoxy) is 1. The van der Waals surface area contributed by atoms with Gasteiger partial charge in [-0.25, -0.2) is 4.79 Å². The van der Waals surface area contributed by atoms with Crippen LogP contribution in [0.1, 0.15) is 23.1 Å². The number of methoxy groups -OCH3 is 1. The van der Waals surface area contributed by atoms with Gasteiger partial charge in [0.15, 0.2) is 6.04 Å². The second-order valence-electron chi connectivity index (χ2n) is 2.89. The van der Waals surface area contributed by atoms with Crippen molar-refractivity contribution in [1.82, 2.24) is 0 Å². The Kier molecular flexibility index (Phi) is 2.72. The Morgan fingerprint density at radius 1 is 1.62 bits per heavy atom. The molecule has 4 nitrogen and oxygen atoms in total. The number of nitrogens with two attached hydrogens (primary N) is 1. The summed E-state index contributed by atoms with van der Waals surface area (Å²) in [6.45, 7) is 3.72. The van der Waals surface area contributed by atoms with Crippen LogP contribution < -0.4 is 5.73 Å². The van der Waals surface area contributed by atoms with Crippen molar-refractivity contribution in [3.05, 3.63) is 23.2 Å². The number of carbonyl (C=O) groups is 1. The zero-order valence-corrected chi connectivity index (χ0v) is 7.96. The molecule has 0 unspecified atom stereocenters. The standard InChI is InChI=1S/C9H13NO3/c1-5-4-7(13-6(5)2)8(10)9(11)12-3/h4,8H,10H2,1-3H3/t8-/m0/s1. The molecule has 0 spiro atoms. The molecule has 2 N–H and O–H groups in total. The number of hydrogen-bond donors (Lipinski definition) is 1. The lowest BCUT2D eigenvalue weighted by Gasteiger charge is -2.04. The highest BCUT2D eigenvalue weighted by Crippen LogP contribution is 2.19. The Labute approximate surface area is 76.7 Å². The van der Waals surface area contributed by atoms with Crippen LogP contribution in [0, 0.1) is 13.8 Å². The molecule has 4 heteroatoms. The summed E-state index contributed by atoms with van der Waals surface area (Å²) in [6, 6.07) is 0.925. The van der Waals surface area contributed by atoms with Gasteiger partial charge in [0.05, 0.1) is 7.11 Å². The second-order valence-corrected chi connectivity index (χ2v) is 2.89. The van der Waals surface area contributed by atoms with Gasteiger partial charge in [0.25, 0.3) is 0 Å². The minimum Gasteiger partial charge on any atom is -0.468 e. The predicted molar refractivity (Wildman–Crippen MR) is 47.1 cm³/mol. The molecule has 0 aromatic carbocycles. The van der Waals surface area contributed by atoms with E-state index in [0.717, 1.165) is 11.3 Å². The summed E-state index contributed by atoms with van der Waals surface area (Å²) >= 11 is 0. The van der Waals surface area contributed by atoms with Gasteiger partial charge in [-0.15, -0.1) is 0 Å². The molecule has 0 aliphatic carbocycles. The lowest BCUT2D eigenvalue weighted by molar-refractivity contribution is -0.142. The van der Waals surface area contributed by atoms with Crippen LogP contribution in [0.5, 0.6) is 0 Å². The number of aryl methyl sites for hydroxylation is 2. The summed E-state index contributed by atoms with van der Waals surface area (Å²) in [7, 11) is 1.30. The molecular weight excluding hydrogens is 170 g/mol. The average Bonchev–Trinajstić information content (AvgIpc) is 2.44. The summed E-state index contributed by atoms with van der Waals surface area (Å²) in [5.74, 6) is 0.727. The summed E-state index contributed by atoms with van der Waals surface area (Å²) in [5, 5.41) is 0. The average molecular weight is 183 g/mol. The van der Waals surface area contributed by atoms with Crippen molar-refractivity contribution < 1.29 is 13.9 Å². The third-order valence-electron chi connectivity index (χ3n) is 1.95. The first-order chi connectivity index (χ1) is 6.06. The van der Waals surface area contributed by atoms with Crippen molar-refractivity contribution in [3.8, 4) is 0 Å². The molecule has 0 amide bonds. The van der Waals surface area contributed by atoms with Crippen LogP contribution in [-0.2, 0) is 9.53 Å². The zero-order valence-electron chi connectivity index (χ0n) is 7.96. The number of carbonyl (C=O) groups excluding carboxylic acids is 1. The molecule has 72 valence electrons. The first-order valence-electron chi connectivity index (χ1n) is 3.96. The van der Waals surface area contributed by atoms with Gasteiger partial charge in [0.1, 0.15) is 11.5 Å². The van der Waals surface area contributed by atoms with Gasteiger partial charge in [-0.2, -0.15) is 0 Å². The molecular formula is C9H13NO3. The highest BCUT2D eigenvalue weighted by atomic mass is 16.5. The molecule has 1 heterocycles. The Balaban J connectivity index is 2.89. The Bertz CT molecular complexity index is 297. The normalized spacial score (nSPS) is 12.6. The number of hydrogen-bond acceptors (Lipinski definition) is 4. The van der Waals surface area contributed by atoms with Gasteiger partial charge in [0.2, 0.25) is 0 Å². The van der Waals surface area contributed by atoms with Crippen molar-refractivity contribution in [2.45, 2.75) is 19.9 Å². The molecule has 0 radical (unpaired) electrons. The summed E-state index contributed by atoms with van der Waals surface area (Å²) in [4.78, 5) is 11.0. The van der Waals surface area contributed by atoms with E-state index in [1.165, 1.54) is 7.11 Å². The smallest absolute Gasteiger partial charge is 0.330 e. The van der Waals surface area contributed by atoms with E-state index in [1.54, 1.807) is 6.07 Å². The molecule has 13 heavy (non-hydrogen) atoms. The van der Waals surface area contributed by atoms with Crippen molar-refractivity contribution in [2.24, 2.45) is 5.73 Å². The highest BCUT2D eigenvalue weighted by molar-refractivity contribution is 5.76. The van der Waals surface area contributed by atoms with E-state index in [9.17, 15) is 4.79 Å². The van der Waals surface area contributed by atoms with Crippen molar-refractivity contribution in [1.29, 1.82) is 0 Å². The lowest BCUT2D eigenvalue weighted by Crippen LogP contribution is -2.21. The van der Waals surface area contributed by atoms with E-state index in [1.807, 2.05) is 13.8 Å². The fraction of sp³-hybridized carbons (Fsp3) is 0.444. The molecule has 0 saturated carbocycles. The second kappa shape index (κ2) is 3.62. The SMILES string of the molecule is COC(=O)[C@@H](N)c1cc(C)c(C)o1. The fourth-order valence-electron chi connectivity index (χ4n) is 0.998. The molecule has 1 rings (SSSR count). The first-order valence-corrected chi connectivity index (χ1v) is 3.96. The first kappa shape index (κ1) is 9.80. The topological polar surface area (TPSA) is 65.5 Å².